The van der Waals surface area contributed by atoms with Crippen molar-refractivity contribution in [3.63, 3.8) is 0 Å². The minimum Gasteiger partial charge on any atom is -0.478 e. The molecule has 3 nitrogen and oxygen atoms in total. The van der Waals surface area contributed by atoms with Gasteiger partial charge in [-0.3, -0.25) is 0 Å². The molecule has 0 saturated heterocycles. The number of carbonyl (C=O) groups is 1. The van der Waals surface area contributed by atoms with Crippen molar-refractivity contribution in [3.8, 4) is 5.75 Å². The van der Waals surface area contributed by atoms with Crippen LogP contribution in [-0.2, 0) is 11.0 Å². The first-order valence-electron chi connectivity index (χ1n) is 14.9. The summed E-state index contributed by atoms with van der Waals surface area (Å²) >= 11 is 0. The molecule has 236 valence electrons. The normalized spacial score (nSPS) is 16.3. The molecule has 0 saturated carbocycles. The van der Waals surface area contributed by atoms with Gasteiger partial charge in [-0.05, 0) is 86.8 Å². The van der Waals surface area contributed by atoms with Crippen LogP contribution in [0.25, 0.3) is 5.57 Å². The first-order valence-corrected chi connectivity index (χ1v) is 14.9. The van der Waals surface area contributed by atoms with Gasteiger partial charge in [-0.2, -0.15) is 13.2 Å². The van der Waals surface area contributed by atoms with Crippen molar-refractivity contribution in [1.82, 2.24) is 0 Å². The molecular formula is C36H43BF4O3. The van der Waals surface area contributed by atoms with Gasteiger partial charge in [0.2, 0.25) is 0 Å². The number of halogens is 4. The third-order valence-corrected chi connectivity index (χ3v) is 7.85. The molecule has 1 aromatic carbocycles. The van der Waals surface area contributed by atoms with Crippen LogP contribution in [0.15, 0.2) is 101 Å². The van der Waals surface area contributed by atoms with Crippen molar-refractivity contribution in [2.75, 3.05) is 0 Å². The Morgan fingerprint density at radius 2 is 1.80 bits per heavy atom. The number of benzene rings is 1. The minimum atomic E-state index is -4.65. The second-order valence-corrected chi connectivity index (χ2v) is 11.1. The zero-order valence-electron chi connectivity index (χ0n) is 26.8. The van der Waals surface area contributed by atoms with Gasteiger partial charge < -0.3 is 9.84 Å². The maximum absolute atomic E-state index is 14.7. The fourth-order valence-corrected chi connectivity index (χ4v) is 4.84. The molecule has 0 fully saturated rings. The number of alkyl halides is 3. The van der Waals surface area contributed by atoms with E-state index in [1.165, 1.54) is 18.2 Å². The molecular weight excluding hydrogens is 567 g/mol. The third kappa shape index (κ3) is 8.87. The summed E-state index contributed by atoms with van der Waals surface area (Å²) in [5.74, 6) is -1.75. The molecule has 0 spiro atoms. The molecule has 0 radical (unpaired) electrons. The molecule has 0 aromatic heterocycles. The number of rotatable bonds is 13. The molecule has 1 aromatic rings. The van der Waals surface area contributed by atoms with Crippen LogP contribution in [0.1, 0.15) is 96.7 Å². The van der Waals surface area contributed by atoms with Crippen LogP contribution in [-0.4, -0.2) is 18.4 Å². The van der Waals surface area contributed by atoms with Crippen molar-refractivity contribution >= 4 is 18.8 Å². The summed E-state index contributed by atoms with van der Waals surface area (Å²) < 4.78 is 63.5. The van der Waals surface area contributed by atoms with Gasteiger partial charge in [0.15, 0.2) is 7.28 Å². The van der Waals surface area contributed by atoms with Gasteiger partial charge in [-0.1, -0.05) is 82.1 Å². The number of aliphatic carboxylic acids is 1. The molecule has 1 atom stereocenters. The Hall–Kier alpha value is -3.81. The first-order chi connectivity index (χ1) is 20.6. The molecule has 0 aliphatic carbocycles. The minimum absolute atomic E-state index is 0.132. The first kappa shape index (κ1) is 36.4. The van der Waals surface area contributed by atoms with Gasteiger partial charge in [-0.25, -0.2) is 9.18 Å². The highest BCUT2D eigenvalue weighted by Gasteiger charge is 2.36. The maximum atomic E-state index is 14.7. The molecule has 1 heterocycles. The van der Waals surface area contributed by atoms with Gasteiger partial charge in [0.1, 0.15) is 17.3 Å². The van der Waals surface area contributed by atoms with Crippen molar-refractivity contribution in [3.05, 3.63) is 117 Å². The Morgan fingerprint density at radius 3 is 2.32 bits per heavy atom. The summed E-state index contributed by atoms with van der Waals surface area (Å²) in [6.45, 7) is 20.7. The molecule has 44 heavy (non-hydrogen) atoms. The lowest BCUT2D eigenvalue weighted by molar-refractivity contribution is -0.137. The van der Waals surface area contributed by atoms with E-state index in [4.69, 9.17) is 4.74 Å². The van der Waals surface area contributed by atoms with Crippen molar-refractivity contribution < 1.29 is 32.2 Å². The van der Waals surface area contributed by atoms with Gasteiger partial charge >= 0.3 is 12.1 Å². The van der Waals surface area contributed by atoms with Gasteiger partial charge in [-0.15, -0.1) is 0 Å². The Morgan fingerprint density at radius 1 is 1.14 bits per heavy atom. The zero-order valence-corrected chi connectivity index (χ0v) is 26.8. The number of allylic oxidation sites excluding steroid dienone is 10. The van der Waals surface area contributed by atoms with E-state index >= 15 is 0 Å². The largest absolute Gasteiger partial charge is 0.478 e. The highest BCUT2D eigenvalue weighted by Crippen LogP contribution is 2.47. The molecule has 1 unspecified atom stereocenters. The number of unbranched alkanes of at least 4 members (excludes halogenated alkanes) is 1. The van der Waals surface area contributed by atoms with Crippen LogP contribution in [0.5, 0.6) is 5.75 Å². The van der Waals surface area contributed by atoms with Crippen LogP contribution in [0, 0.1) is 0 Å². The van der Waals surface area contributed by atoms with E-state index in [-0.39, 0.29) is 35.5 Å². The number of fused-ring (bicyclic) bond motifs is 1. The molecule has 8 heteroatoms. The van der Waals surface area contributed by atoms with E-state index in [1.54, 1.807) is 26.8 Å². The number of carboxylic acids is 1. The standard InChI is InChI=1S/C36H43BF4O3/c1-10-14-15-28(38)18-26(13-4)33-24(8)23(7)29-19-27(36(39,40)41)20-30(34(29)44-33)25(9)37-31(17-16-21(5)11-2)32(35(42)43)22(6)12-3/h13,15-20,25,37H,4,7,10-12,14H2,1-3,5-6,8-9H3,(H,42,43)/b21-16+,26-18+,28-15+,31-17+,32-22-. The number of hydrogen-bond acceptors (Lipinski definition) is 2. The van der Waals surface area contributed by atoms with E-state index in [1.807, 2.05) is 33.8 Å². The Bertz CT molecular complexity index is 1480. The number of hydrogen-bond donors (Lipinski definition) is 1. The Labute approximate surface area is 260 Å². The quantitative estimate of drug-likeness (QED) is 0.105. The van der Waals surface area contributed by atoms with Gasteiger partial charge in [0.25, 0.3) is 0 Å². The zero-order chi connectivity index (χ0) is 33.4. The van der Waals surface area contributed by atoms with Crippen LogP contribution < -0.4 is 4.74 Å². The van der Waals surface area contributed by atoms with Crippen LogP contribution in [0.4, 0.5) is 17.6 Å². The lowest BCUT2D eigenvalue weighted by Crippen LogP contribution is -2.19. The average Bonchev–Trinajstić information content (AvgIpc) is 2.97. The molecule has 0 bridgehead atoms. The highest BCUT2D eigenvalue weighted by atomic mass is 19.4. The second kappa shape index (κ2) is 15.8. The average molecular weight is 611 g/mol. The fourth-order valence-electron chi connectivity index (χ4n) is 4.84. The fraction of sp³-hybridized carbons (Fsp3) is 0.361. The predicted molar refractivity (Wildman–Crippen MR) is 175 cm³/mol. The van der Waals surface area contributed by atoms with Gasteiger partial charge in [0, 0.05) is 11.1 Å². The molecule has 2 rings (SSSR count). The number of ether oxygens (including phenoxy) is 1. The summed E-state index contributed by atoms with van der Waals surface area (Å²) in [6.07, 6.45) is 5.67. The summed E-state index contributed by atoms with van der Waals surface area (Å²) in [5, 5.41) is 10.1. The lowest BCUT2D eigenvalue weighted by Gasteiger charge is -2.29. The summed E-state index contributed by atoms with van der Waals surface area (Å²) in [4.78, 5) is 12.4. The molecule has 0 amide bonds. The highest BCUT2D eigenvalue weighted by molar-refractivity contribution is 6.50. The van der Waals surface area contributed by atoms with E-state index < -0.39 is 29.4 Å². The monoisotopic (exact) mass is 610 g/mol. The SMILES string of the molecule is C=C/C(=C\C(F)=C/CCC)C1=C(C)C(=C)c2cc(C(F)(F)F)cc(C(C)BC(=C/C=C(\C)CC)/C(C(=O)O)=C(\C)CC)c2O1. The summed E-state index contributed by atoms with van der Waals surface area (Å²) in [6, 6.07) is 2.07. The van der Waals surface area contributed by atoms with Crippen molar-refractivity contribution in [2.24, 2.45) is 0 Å². The van der Waals surface area contributed by atoms with E-state index in [0.717, 1.165) is 30.5 Å². The molecule has 1 aliphatic heterocycles. The summed E-state index contributed by atoms with van der Waals surface area (Å²) in [5.41, 5.74) is 3.00. The maximum Gasteiger partial charge on any atom is 0.416 e. The van der Waals surface area contributed by atoms with Crippen LogP contribution in [0.3, 0.4) is 0 Å². The second-order valence-electron chi connectivity index (χ2n) is 11.1. The topological polar surface area (TPSA) is 46.5 Å². The van der Waals surface area contributed by atoms with E-state index in [9.17, 15) is 27.5 Å². The van der Waals surface area contributed by atoms with E-state index in [2.05, 4.69) is 13.2 Å². The Kier molecular flexibility index (Phi) is 13.1. The van der Waals surface area contributed by atoms with E-state index in [0.29, 0.717) is 40.6 Å². The Balaban J connectivity index is 2.83. The number of carboxylic acid groups (broad SMARTS) is 1. The molecule has 1 aliphatic rings. The van der Waals surface area contributed by atoms with Crippen molar-refractivity contribution in [2.45, 2.75) is 86.1 Å². The van der Waals surface area contributed by atoms with Gasteiger partial charge in [0.05, 0.1) is 11.1 Å². The summed E-state index contributed by atoms with van der Waals surface area (Å²) in [7, 11) is 0.132. The third-order valence-electron chi connectivity index (χ3n) is 7.85. The predicted octanol–water partition coefficient (Wildman–Crippen LogP) is 10.7. The lowest BCUT2D eigenvalue weighted by atomic mass is 9.54. The molecule has 1 N–H and O–H groups in total. The smallest absolute Gasteiger partial charge is 0.416 e. The van der Waals surface area contributed by atoms with Crippen LogP contribution in [0.2, 0.25) is 0 Å². The van der Waals surface area contributed by atoms with Crippen molar-refractivity contribution in [1.29, 1.82) is 0 Å². The van der Waals surface area contributed by atoms with Crippen LogP contribution >= 0.6 is 0 Å².